The zero-order valence-corrected chi connectivity index (χ0v) is 20.1. The Morgan fingerprint density at radius 3 is 2.47 bits per heavy atom. The summed E-state index contributed by atoms with van der Waals surface area (Å²) in [5.41, 5.74) is 1.42. The first-order valence-corrected chi connectivity index (χ1v) is 12.9. The van der Waals surface area contributed by atoms with Crippen LogP contribution in [0, 0.1) is 51.2 Å². The van der Waals surface area contributed by atoms with Gasteiger partial charge < -0.3 is 0 Å². The van der Waals surface area contributed by atoms with Crippen molar-refractivity contribution in [1.82, 2.24) is 0 Å². The highest BCUT2D eigenvalue weighted by Crippen LogP contribution is 2.68. The van der Waals surface area contributed by atoms with E-state index in [2.05, 4.69) is 39.8 Å². The smallest absolute Gasteiger partial charge is 0.143 e. The van der Waals surface area contributed by atoms with E-state index in [0.29, 0.717) is 17.8 Å². The van der Waals surface area contributed by atoms with Crippen molar-refractivity contribution in [2.45, 2.75) is 111 Å². The third-order valence-corrected chi connectivity index (χ3v) is 10.5. The van der Waals surface area contributed by atoms with Gasteiger partial charge in [-0.2, -0.15) is 4.91 Å². The van der Waals surface area contributed by atoms with E-state index in [1.807, 2.05) is 0 Å². The van der Waals surface area contributed by atoms with Crippen molar-refractivity contribution >= 4 is 0 Å². The summed E-state index contributed by atoms with van der Waals surface area (Å²) in [5, 5.41) is 3.10. The summed E-state index contributed by atoms with van der Waals surface area (Å²) in [5.74, 6) is 4.52. The fraction of sp³-hybridized carbons (Fsp3) is 0.926. The Kier molecular flexibility index (Phi) is 6.23. The van der Waals surface area contributed by atoms with Crippen LogP contribution in [0.2, 0.25) is 0 Å². The lowest BCUT2D eigenvalue weighted by Gasteiger charge is -2.59. The van der Waals surface area contributed by atoms with Gasteiger partial charge in [0.15, 0.2) is 0 Å². The molecule has 30 heavy (non-hydrogen) atoms. The van der Waals surface area contributed by atoms with Gasteiger partial charge in [0, 0.05) is 0 Å². The first-order chi connectivity index (χ1) is 14.2. The molecule has 4 aliphatic carbocycles. The summed E-state index contributed by atoms with van der Waals surface area (Å²) in [4.78, 5) is 11.1. The van der Waals surface area contributed by atoms with Gasteiger partial charge in [0.25, 0.3) is 0 Å². The van der Waals surface area contributed by atoms with Crippen molar-refractivity contribution in [2.75, 3.05) is 0 Å². The standard InChI is InChI=1S/C27H44FNO/c1-17(2)7-6-8-18(3)20-11-12-21-19-9-10-23-25(28)24(29-30)14-16-27(23,5)22(19)13-15-26(20,21)4/h17-22,24H,6-16H2,1-5H3/t18-,19?,20-,21?,22?,24?,26-,27-/m1/s1. The van der Waals surface area contributed by atoms with E-state index in [0.717, 1.165) is 54.4 Å². The Morgan fingerprint density at radius 1 is 1.00 bits per heavy atom. The van der Waals surface area contributed by atoms with Gasteiger partial charge in [-0.05, 0) is 103 Å². The fourth-order valence-corrected chi connectivity index (χ4v) is 8.92. The summed E-state index contributed by atoms with van der Waals surface area (Å²) in [6.45, 7) is 12.1. The number of rotatable bonds is 6. The average molecular weight is 418 g/mol. The molecule has 8 atom stereocenters. The average Bonchev–Trinajstić information content (AvgIpc) is 3.05. The Hall–Kier alpha value is -0.730. The van der Waals surface area contributed by atoms with Crippen LogP contribution in [0.3, 0.4) is 0 Å². The molecule has 0 bridgehead atoms. The summed E-state index contributed by atoms with van der Waals surface area (Å²) in [6.07, 6.45) is 13.0. The lowest BCUT2D eigenvalue weighted by atomic mass is 9.46. The van der Waals surface area contributed by atoms with Crippen LogP contribution in [0.25, 0.3) is 0 Å². The van der Waals surface area contributed by atoms with Gasteiger partial charge in [-0.15, -0.1) is 0 Å². The van der Waals surface area contributed by atoms with Crippen LogP contribution in [0.4, 0.5) is 4.39 Å². The minimum Gasteiger partial charge on any atom is -0.209 e. The molecule has 0 radical (unpaired) electrons. The number of allylic oxidation sites excluding steroid dienone is 1. The lowest BCUT2D eigenvalue weighted by molar-refractivity contribution is -0.0614. The van der Waals surface area contributed by atoms with Gasteiger partial charge >= 0.3 is 0 Å². The van der Waals surface area contributed by atoms with Crippen molar-refractivity contribution in [3.8, 4) is 0 Å². The van der Waals surface area contributed by atoms with Gasteiger partial charge in [0.2, 0.25) is 0 Å². The van der Waals surface area contributed by atoms with Crippen molar-refractivity contribution in [1.29, 1.82) is 0 Å². The highest BCUT2D eigenvalue weighted by atomic mass is 19.1. The molecular formula is C27H44FNO. The van der Waals surface area contributed by atoms with E-state index in [1.54, 1.807) is 0 Å². The quantitative estimate of drug-likeness (QED) is 0.398. The molecule has 0 spiro atoms. The van der Waals surface area contributed by atoms with Gasteiger partial charge in [0.05, 0.1) is 0 Å². The topological polar surface area (TPSA) is 29.4 Å². The van der Waals surface area contributed by atoms with Crippen molar-refractivity contribution < 1.29 is 4.39 Å². The molecule has 4 rings (SSSR count). The van der Waals surface area contributed by atoms with E-state index in [1.165, 1.54) is 44.9 Å². The van der Waals surface area contributed by atoms with E-state index < -0.39 is 6.04 Å². The molecule has 0 saturated heterocycles. The zero-order chi connectivity index (χ0) is 21.7. The molecule has 170 valence electrons. The van der Waals surface area contributed by atoms with Crippen LogP contribution < -0.4 is 0 Å². The summed E-state index contributed by atoms with van der Waals surface area (Å²) >= 11 is 0. The Morgan fingerprint density at radius 2 is 1.77 bits per heavy atom. The van der Waals surface area contributed by atoms with Crippen molar-refractivity contribution in [2.24, 2.45) is 51.5 Å². The molecule has 0 amide bonds. The molecule has 2 nitrogen and oxygen atoms in total. The molecule has 0 N–H and O–H groups in total. The lowest BCUT2D eigenvalue weighted by Crippen LogP contribution is -2.51. The largest absolute Gasteiger partial charge is 0.209 e. The van der Waals surface area contributed by atoms with E-state index in [9.17, 15) is 4.91 Å². The van der Waals surface area contributed by atoms with Crippen LogP contribution >= 0.6 is 0 Å². The zero-order valence-electron chi connectivity index (χ0n) is 20.1. The minimum absolute atomic E-state index is 0.0313. The van der Waals surface area contributed by atoms with Gasteiger partial charge in [-0.3, -0.25) is 0 Å². The number of hydrogen-bond acceptors (Lipinski definition) is 2. The molecule has 0 aromatic carbocycles. The Balaban J connectivity index is 1.51. The molecule has 3 heteroatoms. The second-order valence-electron chi connectivity index (χ2n) is 12.3. The predicted octanol–water partition coefficient (Wildman–Crippen LogP) is 8.46. The van der Waals surface area contributed by atoms with Gasteiger partial charge in [-0.25, -0.2) is 4.39 Å². The predicted molar refractivity (Wildman–Crippen MR) is 123 cm³/mol. The SMILES string of the molecule is CC(C)CCC[C@@H](C)[C@H]1CCC2C3CCC4=C(F)C(N=O)CC[C@]4(C)C3CC[C@@]21C. The molecule has 0 aliphatic heterocycles. The fourth-order valence-electron chi connectivity index (χ4n) is 8.92. The summed E-state index contributed by atoms with van der Waals surface area (Å²) < 4.78 is 15.1. The van der Waals surface area contributed by atoms with E-state index >= 15 is 4.39 Å². The van der Waals surface area contributed by atoms with E-state index in [-0.39, 0.29) is 11.2 Å². The molecule has 3 saturated carbocycles. The van der Waals surface area contributed by atoms with Crippen LogP contribution in [0.15, 0.2) is 16.6 Å². The first kappa shape index (κ1) is 22.5. The maximum atomic E-state index is 15.1. The van der Waals surface area contributed by atoms with Crippen molar-refractivity contribution in [3.05, 3.63) is 16.3 Å². The van der Waals surface area contributed by atoms with Crippen LogP contribution in [-0.4, -0.2) is 6.04 Å². The molecule has 4 unspecified atom stereocenters. The monoisotopic (exact) mass is 417 g/mol. The molecule has 0 heterocycles. The normalized spacial score (nSPS) is 44.4. The van der Waals surface area contributed by atoms with Crippen LogP contribution in [-0.2, 0) is 0 Å². The first-order valence-electron chi connectivity index (χ1n) is 12.9. The molecule has 3 fully saturated rings. The molecule has 0 aromatic heterocycles. The molecule has 4 aliphatic rings. The maximum Gasteiger partial charge on any atom is 0.143 e. The van der Waals surface area contributed by atoms with Crippen molar-refractivity contribution in [3.63, 3.8) is 0 Å². The number of fused-ring (bicyclic) bond motifs is 5. The van der Waals surface area contributed by atoms with Crippen LogP contribution in [0.5, 0.6) is 0 Å². The highest BCUT2D eigenvalue weighted by Gasteiger charge is 2.60. The third kappa shape index (κ3) is 3.51. The molecular weight excluding hydrogens is 373 g/mol. The van der Waals surface area contributed by atoms with E-state index in [4.69, 9.17) is 0 Å². The third-order valence-electron chi connectivity index (χ3n) is 10.5. The number of hydrogen-bond donors (Lipinski definition) is 0. The second kappa shape index (κ2) is 8.32. The number of halogens is 1. The number of nitrogens with zero attached hydrogens (tertiary/aromatic N) is 1. The highest BCUT2D eigenvalue weighted by molar-refractivity contribution is 5.29. The van der Waals surface area contributed by atoms with Crippen LogP contribution in [0.1, 0.15) is 105 Å². The Labute approximate surface area is 183 Å². The van der Waals surface area contributed by atoms with Gasteiger partial charge in [0.1, 0.15) is 11.9 Å². The number of nitroso groups, excluding NO2 is 1. The summed E-state index contributed by atoms with van der Waals surface area (Å²) in [7, 11) is 0. The maximum absolute atomic E-state index is 15.1. The van der Waals surface area contributed by atoms with Gasteiger partial charge in [-0.1, -0.05) is 59.1 Å². The Bertz CT molecular complexity index is 686. The summed E-state index contributed by atoms with van der Waals surface area (Å²) in [6, 6.07) is -0.707. The molecule has 0 aromatic rings. The minimum atomic E-state index is -0.707. The second-order valence-corrected chi connectivity index (χ2v) is 12.3.